The Morgan fingerprint density at radius 1 is 1.22 bits per heavy atom. The highest BCUT2D eigenvalue weighted by atomic mass is 19.4. The summed E-state index contributed by atoms with van der Waals surface area (Å²) in [6.07, 6.45) is -8.33. The van der Waals surface area contributed by atoms with Gasteiger partial charge in [-0.1, -0.05) is 37.3 Å². The Morgan fingerprint density at radius 3 is 2.49 bits per heavy atom. The van der Waals surface area contributed by atoms with E-state index in [-0.39, 0.29) is 17.8 Å². The van der Waals surface area contributed by atoms with Gasteiger partial charge in [0.05, 0.1) is 18.3 Å². The van der Waals surface area contributed by atoms with Gasteiger partial charge in [0, 0.05) is 6.42 Å². The van der Waals surface area contributed by atoms with Gasteiger partial charge in [0.2, 0.25) is 0 Å². The molecule has 0 radical (unpaired) electrons. The molecular weight excluding hydrogens is 506 g/mol. The van der Waals surface area contributed by atoms with Crippen molar-refractivity contribution in [3.63, 3.8) is 0 Å². The van der Waals surface area contributed by atoms with Crippen LogP contribution in [0.5, 0.6) is 0 Å². The van der Waals surface area contributed by atoms with Crippen molar-refractivity contribution in [1.29, 1.82) is 0 Å². The maximum absolute atomic E-state index is 12.6. The quantitative estimate of drug-likeness (QED) is 0.266. The van der Waals surface area contributed by atoms with Gasteiger partial charge in [-0.15, -0.1) is 0 Å². The van der Waals surface area contributed by atoms with Gasteiger partial charge < -0.3 is 19.7 Å². The summed E-state index contributed by atoms with van der Waals surface area (Å²) in [7, 11) is 0. The van der Waals surface area contributed by atoms with Gasteiger partial charge in [-0.2, -0.15) is 26.3 Å². The molecule has 0 amide bonds. The highest BCUT2D eigenvalue weighted by Crippen LogP contribution is 2.55. The third-order valence-corrected chi connectivity index (χ3v) is 7.61. The first-order valence-corrected chi connectivity index (χ1v) is 12.1. The van der Waals surface area contributed by atoms with Crippen molar-refractivity contribution < 1.29 is 50.8 Å². The minimum Gasteiger partial charge on any atom is -0.441 e. The number of fused-ring (bicyclic) bond motifs is 1. The Balaban J connectivity index is 1.66. The molecule has 2 saturated carbocycles. The van der Waals surface area contributed by atoms with Crippen LogP contribution in [0.25, 0.3) is 0 Å². The fourth-order valence-corrected chi connectivity index (χ4v) is 5.71. The molecule has 0 unspecified atom stereocenters. The molecule has 0 aliphatic heterocycles. The number of alkyl halides is 6. The van der Waals surface area contributed by atoms with Gasteiger partial charge in [-0.05, 0) is 67.1 Å². The van der Waals surface area contributed by atoms with Crippen molar-refractivity contribution in [2.24, 2.45) is 11.3 Å². The van der Waals surface area contributed by atoms with Crippen molar-refractivity contribution in [1.82, 2.24) is 0 Å². The lowest BCUT2D eigenvalue weighted by atomic mass is 9.63. The summed E-state index contributed by atoms with van der Waals surface area (Å²) < 4.78 is 84.9. The number of rotatable bonds is 6. The molecule has 0 bridgehead atoms. The van der Waals surface area contributed by atoms with E-state index in [9.17, 15) is 41.4 Å². The predicted octanol–water partition coefficient (Wildman–Crippen LogP) is 5.49. The summed E-state index contributed by atoms with van der Waals surface area (Å²) in [6.45, 7) is 6.51. The number of hydrogen-bond donors (Lipinski definition) is 2. The highest BCUT2D eigenvalue weighted by molar-refractivity contribution is 5.71. The van der Waals surface area contributed by atoms with E-state index < -0.39 is 49.3 Å². The molecule has 3 rings (SSSR count). The normalized spacial score (nSPS) is 32.0. The zero-order valence-electron chi connectivity index (χ0n) is 20.7. The molecule has 0 aromatic heterocycles. The molecule has 5 nitrogen and oxygen atoms in total. The molecule has 5 atom stereocenters. The predicted molar refractivity (Wildman–Crippen MR) is 122 cm³/mol. The molecule has 0 aromatic rings. The van der Waals surface area contributed by atoms with E-state index in [1.54, 1.807) is 6.92 Å². The monoisotopic (exact) mass is 538 g/mol. The first-order chi connectivity index (χ1) is 17.0. The number of aliphatic hydroxyl groups excluding tert-OH is 2. The van der Waals surface area contributed by atoms with E-state index in [0.29, 0.717) is 18.4 Å². The summed E-state index contributed by atoms with van der Waals surface area (Å²) in [6, 6.07) is 0. The average molecular weight is 539 g/mol. The fraction of sp³-hybridized carbons (Fsp3) is 0.654. The number of ether oxygens (including phenoxy) is 2. The molecule has 3 aliphatic carbocycles. The number of aliphatic hydroxyl groups is 2. The maximum atomic E-state index is 12.6. The largest absolute Gasteiger partial charge is 0.441 e. The minimum absolute atomic E-state index is 0.0950. The SMILES string of the molecule is C=C1C(=CC=C2CCC[C@]3(C)C([C@H](C)OCC(=O)OC(C(F)(F)F)C(F)(F)F)=CC[C@@H]23)C[C@@H](O)C[C@@H]1O. The van der Waals surface area contributed by atoms with Crippen LogP contribution >= 0.6 is 0 Å². The summed E-state index contributed by atoms with van der Waals surface area (Å²) in [5, 5.41) is 20.1. The number of hydrogen-bond acceptors (Lipinski definition) is 5. The van der Waals surface area contributed by atoms with Crippen LogP contribution in [-0.4, -0.2) is 59.6 Å². The first kappa shape index (κ1) is 29.4. The molecule has 0 heterocycles. The lowest BCUT2D eigenvalue weighted by molar-refractivity contribution is -0.314. The Bertz CT molecular complexity index is 965. The molecule has 11 heteroatoms. The first-order valence-electron chi connectivity index (χ1n) is 12.1. The number of carbonyl (C=O) groups is 1. The van der Waals surface area contributed by atoms with Crippen molar-refractivity contribution in [3.05, 3.63) is 47.1 Å². The van der Waals surface area contributed by atoms with E-state index in [1.807, 2.05) is 25.2 Å². The van der Waals surface area contributed by atoms with Gasteiger partial charge in [0.15, 0.2) is 0 Å². The van der Waals surface area contributed by atoms with E-state index in [0.717, 1.165) is 36.0 Å². The zero-order chi connectivity index (χ0) is 27.8. The number of carbonyl (C=O) groups excluding carboxylic acids is 1. The van der Waals surface area contributed by atoms with Crippen molar-refractivity contribution in [2.75, 3.05) is 6.61 Å². The smallest absolute Gasteiger partial charge is 0.434 e. The van der Waals surface area contributed by atoms with Crippen LogP contribution in [0.15, 0.2) is 47.1 Å². The number of allylic oxidation sites excluding steroid dienone is 4. The van der Waals surface area contributed by atoms with E-state index >= 15 is 0 Å². The second-order valence-corrected chi connectivity index (χ2v) is 10.2. The molecule has 208 valence electrons. The third kappa shape index (κ3) is 6.67. The average Bonchev–Trinajstić information content (AvgIpc) is 3.13. The van der Waals surface area contributed by atoms with Crippen LogP contribution in [0.3, 0.4) is 0 Å². The van der Waals surface area contributed by atoms with Gasteiger partial charge in [-0.25, -0.2) is 4.79 Å². The molecule has 2 fully saturated rings. The second kappa shape index (κ2) is 10.9. The molecule has 0 aromatic carbocycles. The number of halogens is 6. The van der Waals surface area contributed by atoms with E-state index in [4.69, 9.17) is 4.74 Å². The van der Waals surface area contributed by atoms with E-state index in [2.05, 4.69) is 11.3 Å². The van der Waals surface area contributed by atoms with Gasteiger partial charge >= 0.3 is 18.3 Å². The summed E-state index contributed by atoms with van der Waals surface area (Å²) in [5.41, 5.74) is 2.98. The Labute approximate surface area is 211 Å². The van der Waals surface area contributed by atoms with Crippen LogP contribution < -0.4 is 0 Å². The Hall–Kier alpha value is -2.11. The van der Waals surface area contributed by atoms with Gasteiger partial charge in [0.1, 0.15) is 6.61 Å². The molecule has 0 spiro atoms. The lowest BCUT2D eigenvalue weighted by Gasteiger charge is -2.42. The van der Waals surface area contributed by atoms with Crippen molar-refractivity contribution >= 4 is 5.97 Å². The summed E-state index contributed by atoms with van der Waals surface area (Å²) >= 11 is 0. The highest BCUT2D eigenvalue weighted by Gasteiger charge is 2.60. The second-order valence-electron chi connectivity index (χ2n) is 10.2. The third-order valence-electron chi connectivity index (χ3n) is 7.61. The van der Waals surface area contributed by atoms with Crippen molar-refractivity contribution in [3.8, 4) is 0 Å². The molecular formula is C26H32F6O5. The number of esters is 1. The molecule has 37 heavy (non-hydrogen) atoms. The lowest BCUT2D eigenvalue weighted by Crippen LogP contribution is -2.46. The van der Waals surface area contributed by atoms with Gasteiger partial charge in [-0.3, -0.25) is 0 Å². The van der Waals surface area contributed by atoms with Crippen molar-refractivity contribution in [2.45, 2.75) is 89.1 Å². The molecule has 0 saturated heterocycles. The molecule has 2 N–H and O–H groups in total. The van der Waals surface area contributed by atoms with Crippen LogP contribution in [0.2, 0.25) is 0 Å². The topological polar surface area (TPSA) is 76.0 Å². The van der Waals surface area contributed by atoms with Crippen LogP contribution in [0, 0.1) is 11.3 Å². The van der Waals surface area contributed by atoms with E-state index in [1.165, 1.54) is 0 Å². The van der Waals surface area contributed by atoms with Crippen LogP contribution in [0.1, 0.15) is 52.4 Å². The van der Waals surface area contributed by atoms with Crippen LogP contribution in [-0.2, 0) is 14.3 Å². The molecule has 3 aliphatic rings. The van der Waals surface area contributed by atoms with Crippen LogP contribution in [0.4, 0.5) is 26.3 Å². The standard InChI is InChI=1S/C26H32F6O5/c1-14-17(11-18(33)12-21(14)34)7-6-16-5-4-10-24(3)19(8-9-20(16)24)15(2)36-13-22(35)37-23(25(27,28)29)26(30,31)32/h6-8,15,18,20-21,23,33-34H,1,4-5,9-13H2,2-3H3/t15-,18+,20-,21-,24+/m0/s1. The summed E-state index contributed by atoms with van der Waals surface area (Å²) in [4.78, 5) is 11.8. The Morgan fingerprint density at radius 2 is 1.86 bits per heavy atom. The minimum atomic E-state index is -5.78. The van der Waals surface area contributed by atoms with Gasteiger partial charge in [0.25, 0.3) is 6.10 Å². The fourth-order valence-electron chi connectivity index (χ4n) is 5.71. The summed E-state index contributed by atoms with van der Waals surface area (Å²) in [5.74, 6) is -1.66. The Kier molecular flexibility index (Phi) is 8.71. The maximum Gasteiger partial charge on any atom is 0.434 e. The zero-order valence-corrected chi connectivity index (χ0v) is 20.7.